The van der Waals surface area contributed by atoms with Crippen molar-refractivity contribution < 1.29 is 9.90 Å². The molecule has 1 aromatic heterocycles. The van der Waals surface area contributed by atoms with E-state index in [2.05, 4.69) is 23.7 Å². The minimum atomic E-state index is -0.961. The van der Waals surface area contributed by atoms with Crippen LogP contribution in [0.4, 0.5) is 11.5 Å². The van der Waals surface area contributed by atoms with E-state index in [1.807, 2.05) is 0 Å². The number of anilines is 2. The fourth-order valence-electron chi connectivity index (χ4n) is 2.93. The molecule has 0 aromatic carbocycles. The lowest BCUT2D eigenvalue weighted by Crippen LogP contribution is -2.36. The van der Waals surface area contributed by atoms with Gasteiger partial charge < -0.3 is 15.7 Å². The van der Waals surface area contributed by atoms with Gasteiger partial charge in [0.15, 0.2) is 0 Å². The Morgan fingerprint density at radius 2 is 2.14 bits per heavy atom. The Hall–Kier alpha value is -1.78. The first-order chi connectivity index (χ1) is 9.99. The van der Waals surface area contributed by atoms with Crippen molar-refractivity contribution in [3.05, 3.63) is 17.8 Å². The van der Waals surface area contributed by atoms with Gasteiger partial charge in [-0.15, -0.1) is 0 Å². The van der Waals surface area contributed by atoms with Crippen LogP contribution in [0.5, 0.6) is 0 Å². The summed E-state index contributed by atoms with van der Waals surface area (Å²) in [4.78, 5) is 18.0. The number of carboxylic acid groups (broad SMARTS) is 1. The van der Waals surface area contributed by atoms with Crippen molar-refractivity contribution in [2.24, 2.45) is 5.92 Å². The molecule has 116 valence electrons. The van der Waals surface area contributed by atoms with Gasteiger partial charge in [-0.25, -0.2) is 9.78 Å². The van der Waals surface area contributed by atoms with Crippen LogP contribution in [-0.2, 0) is 0 Å². The minimum absolute atomic E-state index is 0.214. The molecular formula is C16H25N3O2. The normalized spacial score (nSPS) is 15.6. The molecular weight excluding hydrogens is 266 g/mol. The maximum absolute atomic E-state index is 11.5. The number of aromatic nitrogens is 1. The number of carboxylic acids is 1. The van der Waals surface area contributed by atoms with Gasteiger partial charge in [0.25, 0.3) is 0 Å². The van der Waals surface area contributed by atoms with Crippen molar-refractivity contribution in [1.82, 2.24) is 4.98 Å². The average Bonchev–Trinajstić information content (AvgIpc) is 2.93. The summed E-state index contributed by atoms with van der Waals surface area (Å²) >= 11 is 0. The standard InChI is InChI=1S/C16H25N3O2/c1-11(2)7-8-19(13-5-3-4-6-13)15-14(16(20)21)9-12(17)10-18-15/h9-11,13H,3-8,17H2,1-2H3,(H,20,21). The van der Waals surface area contributed by atoms with Crippen molar-refractivity contribution in [2.75, 3.05) is 17.2 Å². The lowest BCUT2D eigenvalue weighted by atomic mass is 10.1. The molecule has 0 bridgehead atoms. The second-order valence-corrected chi connectivity index (χ2v) is 6.26. The Kier molecular flexibility index (Phi) is 5.04. The third-order valence-electron chi connectivity index (χ3n) is 4.10. The number of rotatable bonds is 6. The molecule has 0 unspecified atom stereocenters. The molecule has 1 heterocycles. The van der Waals surface area contributed by atoms with Gasteiger partial charge >= 0.3 is 5.97 Å². The number of aromatic carboxylic acids is 1. The van der Waals surface area contributed by atoms with E-state index in [4.69, 9.17) is 5.73 Å². The SMILES string of the molecule is CC(C)CCN(c1ncc(N)cc1C(=O)O)C1CCCC1. The van der Waals surface area contributed by atoms with Crippen molar-refractivity contribution in [2.45, 2.75) is 52.0 Å². The molecule has 1 aliphatic rings. The second kappa shape index (κ2) is 6.78. The van der Waals surface area contributed by atoms with Crippen molar-refractivity contribution in [3.8, 4) is 0 Å². The van der Waals surface area contributed by atoms with Crippen molar-refractivity contribution >= 4 is 17.5 Å². The summed E-state index contributed by atoms with van der Waals surface area (Å²) in [5.74, 6) is 0.192. The van der Waals surface area contributed by atoms with E-state index in [0.29, 0.717) is 23.5 Å². The number of pyridine rings is 1. The Morgan fingerprint density at radius 1 is 1.48 bits per heavy atom. The van der Waals surface area contributed by atoms with Gasteiger partial charge in [0.1, 0.15) is 11.4 Å². The lowest BCUT2D eigenvalue weighted by Gasteiger charge is -2.31. The molecule has 5 nitrogen and oxygen atoms in total. The molecule has 21 heavy (non-hydrogen) atoms. The van der Waals surface area contributed by atoms with Crippen LogP contribution in [0.15, 0.2) is 12.3 Å². The summed E-state index contributed by atoms with van der Waals surface area (Å²) in [5, 5.41) is 9.44. The molecule has 0 aliphatic heterocycles. The summed E-state index contributed by atoms with van der Waals surface area (Å²) in [6, 6.07) is 1.92. The molecule has 2 rings (SSSR count). The summed E-state index contributed by atoms with van der Waals surface area (Å²) < 4.78 is 0. The molecule has 0 saturated heterocycles. The number of carbonyl (C=O) groups is 1. The number of nitrogen functional groups attached to an aromatic ring is 1. The zero-order chi connectivity index (χ0) is 15.4. The Balaban J connectivity index is 2.32. The van der Waals surface area contributed by atoms with E-state index in [0.717, 1.165) is 25.8 Å². The Bertz CT molecular complexity index is 496. The monoisotopic (exact) mass is 291 g/mol. The van der Waals surface area contributed by atoms with Gasteiger partial charge in [-0.1, -0.05) is 26.7 Å². The Labute approximate surface area is 126 Å². The van der Waals surface area contributed by atoms with Gasteiger partial charge in [-0.3, -0.25) is 0 Å². The highest BCUT2D eigenvalue weighted by molar-refractivity contribution is 5.94. The van der Waals surface area contributed by atoms with Gasteiger partial charge in [-0.2, -0.15) is 0 Å². The van der Waals surface area contributed by atoms with E-state index >= 15 is 0 Å². The minimum Gasteiger partial charge on any atom is -0.478 e. The van der Waals surface area contributed by atoms with Crippen LogP contribution < -0.4 is 10.6 Å². The third kappa shape index (κ3) is 3.86. The number of nitrogens with zero attached hydrogens (tertiary/aromatic N) is 2. The highest BCUT2D eigenvalue weighted by atomic mass is 16.4. The lowest BCUT2D eigenvalue weighted by molar-refractivity contribution is 0.0697. The smallest absolute Gasteiger partial charge is 0.339 e. The van der Waals surface area contributed by atoms with Crippen LogP contribution in [0.3, 0.4) is 0 Å². The van der Waals surface area contributed by atoms with Crippen LogP contribution in [-0.4, -0.2) is 28.6 Å². The van der Waals surface area contributed by atoms with E-state index in [1.165, 1.54) is 18.9 Å². The number of hydrogen-bond acceptors (Lipinski definition) is 4. The fraction of sp³-hybridized carbons (Fsp3) is 0.625. The zero-order valence-electron chi connectivity index (χ0n) is 12.9. The van der Waals surface area contributed by atoms with Gasteiger partial charge in [0.2, 0.25) is 0 Å². The van der Waals surface area contributed by atoms with Gasteiger partial charge in [0.05, 0.1) is 11.9 Å². The molecule has 1 saturated carbocycles. The molecule has 0 spiro atoms. The highest BCUT2D eigenvalue weighted by Crippen LogP contribution is 2.30. The van der Waals surface area contributed by atoms with Crippen molar-refractivity contribution in [1.29, 1.82) is 0 Å². The first-order valence-electron chi connectivity index (χ1n) is 7.74. The van der Waals surface area contributed by atoms with Crippen LogP contribution in [0.25, 0.3) is 0 Å². The van der Waals surface area contributed by atoms with Crippen LogP contribution in [0.1, 0.15) is 56.3 Å². The van der Waals surface area contributed by atoms with Crippen LogP contribution >= 0.6 is 0 Å². The van der Waals surface area contributed by atoms with E-state index in [-0.39, 0.29) is 5.56 Å². The molecule has 1 fully saturated rings. The summed E-state index contributed by atoms with van der Waals surface area (Å²) in [7, 11) is 0. The summed E-state index contributed by atoms with van der Waals surface area (Å²) in [6.07, 6.45) is 7.23. The molecule has 0 atom stereocenters. The maximum Gasteiger partial charge on any atom is 0.339 e. The quantitative estimate of drug-likeness (QED) is 0.841. The molecule has 1 aromatic rings. The largest absolute Gasteiger partial charge is 0.478 e. The molecule has 0 amide bonds. The summed E-state index contributed by atoms with van der Waals surface area (Å²) in [6.45, 7) is 5.21. The van der Waals surface area contributed by atoms with Crippen LogP contribution in [0.2, 0.25) is 0 Å². The summed E-state index contributed by atoms with van der Waals surface area (Å²) in [5.41, 5.74) is 6.31. The zero-order valence-corrected chi connectivity index (χ0v) is 12.9. The van der Waals surface area contributed by atoms with E-state index in [9.17, 15) is 9.90 Å². The molecule has 1 aliphatic carbocycles. The third-order valence-corrected chi connectivity index (χ3v) is 4.10. The Morgan fingerprint density at radius 3 is 2.71 bits per heavy atom. The number of nitrogens with two attached hydrogens (primary N) is 1. The predicted molar refractivity (Wildman–Crippen MR) is 84.7 cm³/mol. The molecule has 3 N–H and O–H groups in total. The van der Waals surface area contributed by atoms with E-state index < -0.39 is 5.97 Å². The fourth-order valence-corrected chi connectivity index (χ4v) is 2.93. The van der Waals surface area contributed by atoms with Crippen LogP contribution in [0, 0.1) is 5.92 Å². The van der Waals surface area contributed by atoms with Gasteiger partial charge in [-0.05, 0) is 31.2 Å². The maximum atomic E-state index is 11.5. The average molecular weight is 291 g/mol. The predicted octanol–water partition coefficient (Wildman–Crippen LogP) is 3.16. The first-order valence-corrected chi connectivity index (χ1v) is 7.74. The van der Waals surface area contributed by atoms with Crippen molar-refractivity contribution in [3.63, 3.8) is 0 Å². The van der Waals surface area contributed by atoms with Gasteiger partial charge in [0, 0.05) is 12.6 Å². The van der Waals surface area contributed by atoms with E-state index in [1.54, 1.807) is 6.20 Å². The molecule has 5 heteroatoms. The number of hydrogen-bond donors (Lipinski definition) is 2. The first kappa shape index (κ1) is 15.6. The second-order valence-electron chi connectivity index (χ2n) is 6.26. The highest BCUT2D eigenvalue weighted by Gasteiger charge is 2.27. The topological polar surface area (TPSA) is 79.5 Å². The molecule has 0 radical (unpaired) electrons.